The van der Waals surface area contributed by atoms with Crippen molar-refractivity contribution in [3.05, 3.63) is 11.7 Å². The molecule has 22 heavy (non-hydrogen) atoms. The number of aromatic nitrogens is 2. The Labute approximate surface area is 132 Å². The van der Waals surface area contributed by atoms with Gasteiger partial charge < -0.3 is 9.26 Å². The minimum absolute atomic E-state index is 0.383. The van der Waals surface area contributed by atoms with Crippen molar-refractivity contribution in [1.29, 1.82) is 0 Å². The fraction of sp³-hybridized carbons (Fsp3) is 0.882. The molecule has 3 saturated carbocycles. The van der Waals surface area contributed by atoms with Crippen LogP contribution in [0.3, 0.4) is 0 Å². The summed E-state index contributed by atoms with van der Waals surface area (Å²) in [7, 11) is 2.21. The van der Waals surface area contributed by atoms with Crippen molar-refractivity contribution >= 4 is 0 Å². The SMILES string of the molecule is CCOC1CC(N(C)Cc2noc(C3CC3)n2)C12CCCC2. The highest BCUT2D eigenvalue weighted by Crippen LogP contribution is 2.56. The molecule has 1 spiro atoms. The van der Waals surface area contributed by atoms with Gasteiger partial charge in [0.1, 0.15) is 0 Å². The van der Waals surface area contributed by atoms with Crippen LogP contribution in [0, 0.1) is 5.41 Å². The van der Waals surface area contributed by atoms with Crippen LogP contribution in [0.4, 0.5) is 0 Å². The Kier molecular flexibility index (Phi) is 3.73. The Hall–Kier alpha value is -0.940. The molecular weight excluding hydrogens is 278 g/mol. The summed E-state index contributed by atoms with van der Waals surface area (Å²) in [4.78, 5) is 7.01. The molecule has 4 rings (SSSR count). The van der Waals surface area contributed by atoms with E-state index in [1.165, 1.54) is 38.5 Å². The molecule has 3 aliphatic carbocycles. The van der Waals surface area contributed by atoms with Crippen molar-refractivity contribution in [3.63, 3.8) is 0 Å². The van der Waals surface area contributed by atoms with Gasteiger partial charge in [-0.1, -0.05) is 18.0 Å². The van der Waals surface area contributed by atoms with Gasteiger partial charge in [0.05, 0.1) is 12.6 Å². The van der Waals surface area contributed by atoms with Crippen LogP contribution in [-0.4, -0.2) is 40.8 Å². The largest absolute Gasteiger partial charge is 0.378 e. The van der Waals surface area contributed by atoms with E-state index >= 15 is 0 Å². The van der Waals surface area contributed by atoms with Crippen LogP contribution in [0.2, 0.25) is 0 Å². The van der Waals surface area contributed by atoms with Crippen LogP contribution >= 0.6 is 0 Å². The molecule has 3 aliphatic rings. The fourth-order valence-corrected chi connectivity index (χ4v) is 4.63. The van der Waals surface area contributed by atoms with Gasteiger partial charge in [-0.3, -0.25) is 4.90 Å². The van der Waals surface area contributed by atoms with Crippen LogP contribution in [0.15, 0.2) is 4.52 Å². The maximum atomic E-state index is 6.01. The van der Waals surface area contributed by atoms with Crippen molar-refractivity contribution in [2.45, 2.75) is 76.5 Å². The number of ether oxygens (including phenoxy) is 1. The van der Waals surface area contributed by atoms with E-state index in [1.54, 1.807) is 0 Å². The second kappa shape index (κ2) is 5.60. The standard InChI is InChI=1S/C17H27N3O2/c1-3-21-14-10-13(17(14)8-4-5-9-17)20(2)11-15-18-16(22-19-15)12-6-7-12/h12-14H,3-11H2,1-2H3. The van der Waals surface area contributed by atoms with Crippen LogP contribution < -0.4 is 0 Å². The molecule has 2 atom stereocenters. The summed E-state index contributed by atoms with van der Waals surface area (Å²) in [5, 5.41) is 4.17. The molecule has 0 aliphatic heterocycles. The first-order chi connectivity index (χ1) is 10.7. The monoisotopic (exact) mass is 305 g/mol. The predicted molar refractivity (Wildman–Crippen MR) is 82.5 cm³/mol. The number of nitrogens with zero attached hydrogens (tertiary/aromatic N) is 3. The van der Waals surface area contributed by atoms with Crippen LogP contribution in [0.5, 0.6) is 0 Å². The van der Waals surface area contributed by atoms with E-state index < -0.39 is 0 Å². The maximum Gasteiger partial charge on any atom is 0.229 e. The highest BCUT2D eigenvalue weighted by atomic mass is 16.5. The van der Waals surface area contributed by atoms with E-state index in [-0.39, 0.29) is 0 Å². The van der Waals surface area contributed by atoms with Crippen molar-refractivity contribution in [1.82, 2.24) is 15.0 Å². The Morgan fingerprint density at radius 1 is 1.32 bits per heavy atom. The summed E-state index contributed by atoms with van der Waals surface area (Å²) in [6.45, 7) is 3.73. The number of hydrogen-bond acceptors (Lipinski definition) is 5. The zero-order chi connectivity index (χ0) is 15.2. The lowest BCUT2D eigenvalue weighted by molar-refractivity contribution is -0.162. The summed E-state index contributed by atoms with van der Waals surface area (Å²) in [6.07, 6.45) is 9.35. The van der Waals surface area contributed by atoms with Gasteiger partial charge in [0.2, 0.25) is 5.89 Å². The molecule has 1 heterocycles. The smallest absolute Gasteiger partial charge is 0.229 e. The highest BCUT2D eigenvalue weighted by molar-refractivity contribution is 5.11. The Bertz CT molecular complexity index is 520. The fourth-order valence-electron chi connectivity index (χ4n) is 4.63. The predicted octanol–water partition coefficient (Wildman–Crippen LogP) is 3.12. The van der Waals surface area contributed by atoms with Crippen molar-refractivity contribution in [2.75, 3.05) is 13.7 Å². The van der Waals surface area contributed by atoms with Gasteiger partial charge in [-0.15, -0.1) is 0 Å². The zero-order valence-corrected chi connectivity index (χ0v) is 13.8. The summed E-state index contributed by atoms with van der Waals surface area (Å²) in [5.41, 5.74) is 0.383. The summed E-state index contributed by atoms with van der Waals surface area (Å²) >= 11 is 0. The van der Waals surface area contributed by atoms with Gasteiger partial charge in [0.15, 0.2) is 5.82 Å². The Morgan fingerprint density at radius 3 is 2.77 bits per heavy atom. The van der Waals surface area contributed by atoms with Gasteiger partial charge in [0.25, 0.3) is 0 Å². The van der Waals surface area contributed by atoms with Gasteiger partial charge >= 0.3 is 0 Å². The highest BCUT2D eigenvalue weighted by Gasteiger charge is 2.57. The molecule has 0 saturated heterocycles. The molecule has 0 bridgehead atoms. The second-order valence-corrected chi connectivity index (χ2v) is 7.37. The second-order valence-electron chi connectivity index (χ2n) is 7.37. The van der Waals surface area contributed by atoms with E-state index in [0.717, 1.165) is 31.3 Å². The molecule has 0 radical (unpaired) electrons. The van der Waals surface area contributed by atoms with Gasteiger partial charge in [-0.2, -0.15) is 4.98 Å². The van der Waals surface area contributed by atoms with E-state index in [0.29, 0.717) is 23.5 Å². The first-order valence-electron chi connectivity index (χ1n) is 8.87. The van der Waals surface area contributed by atoms with E-state index in [1.807, 2.05) is 0 Å². The average molecular weight is 305 g/mol. The third-order valence-corrected chi connectivity index (χ3v) is 5.98. The molecule has 1 aromatic rings. The number of rotatable bonds is 6. The minimum atomic E-state index is 0.383. The first kappa shape index (κ1) is 14.6. The average Bonchev–Trinajstić information content (AvgIpc) is 3.02. The van der Waals surface area contributed by atoms with Crippen LogP contribution in [0.25, 0.3) is 0 Å². The van der Waals surface area contributed by atoms with Crippen LogP contribution in [-0.2, 0) is 11.3 Å². The maximum absolute atomic E-state index is 6.01. The molecule has 0 N–H and O–H groups in total. The lowest BCUT2D eigenvalue weighted by atomic mass is 9.60. The molecule has 122 valence electrons. The topological polar surface area (TPSA) is 51.4 Å². The normalized spacial score (nSPS) is 30.1. The van der Waals surface area contributed by atoms with Crippen molar-refractivity contribution in [2.24, 2.45) is 5.41 Å². The van der Waals surface area contributed by atoms with Gasteiger partial charge in [-0.25, -0.2) is 0 Å². The molecule has 0 amide bonds. The first-order valence-corrected chi connectivity index (χ1v) is 8.87. The summed E-state index contributed by atoms with van der Waals surface area (Å²) in [6, 6.07) is 0.606. The van der Waals surface area contributed by atoms with Crippen molar-refractivity contribution in [3.8, 4) is 0 Å². The van der Waals surface area contributed by atoms with Crippen molar-refractivity contribution < 1.29 is 9.26 Å². The third kappa shape index (κ3) is 2.38. The molecule has 3 fully saturated rings. The lowest BCUT2D eigenvalue weighted by Crippen LogP contribution is -2.62. The molecule has 2 unspecified atom stereocenters. The van der Waals surface area contributed by atoms with E-state index in [9.17, 15) is 0 Å². The zero-order valence-electron chi connectivity index (χ0n) is 13.8. The third-order valence-electron chi connectivity index (χ3n) is 5.98. The number of hydrogen-bond donors (Lipinski definition) is 0. The molecule has 5 nitrogen and oxygen atoms in total. The molecular formula is C17H27N3O2. The quantitative estimate of drug-likeness (QED) is 0.808. The Morgan fingerprint density at radius 2 is 2.09 bits per heavy atom. The Balaban J connectivity index is 1.42. The molecule has 5 heteroatoms. The minimum Gasteiger partial charge on any atom is -0.378 e. The lowest BCUT2D eigenvalue weighted by Gasteiger charge is -2.57. The molecule has 0 aromatic carbocycles. The van der Waals surface area contributed by atoms with E-state index in [4.69, 9.17) is 9.26 Å². The molecule has 1 aromatic heterocycles. The summed E-state index contributed by atoms with van der Waals surface area (Å²) < 4.78 is 11.4. The van der Waals surface area contributed by atoms with Gasteiger partial charge in [-0.05, 0) is 46.1 Å². The van der Waals surface area contributed by atoms with Crippen LogP contribution in [0.1, 0.15) is 69.5 Å². The van der Waals surface area contributed by atoms with Gasteiger partial charge in [0, 0.05) is 24.0 Å². The van der Waals surface area contributed by atoms with E-state index in [2.05, 4.69) is 29.0 Å². The summed E-state index contributed by atoms with van der Waals surface area (Å²) in [5.74, 6) is 2.23.